The Labute approximate surface area is 149 Å². The lowest BCUT2D eigenvalue weighted by molar-refractivity contribution is -0.384. The van der Waals surface area contributed by atoms with Gasteiger partial charge in [0.15, 0.2) is 0 Å². The molecule has 2 aromatic rings. The first-order chi connectivity index (χ1) is 11.9. The van der Waals surface area contributed by atoms with E-state index < -0.39 is 16.7 Å². The molecule has 25 heavy (non-hydrogen) atoms. The normalized spacial score (nSPS) is 10.2. The summed E-state index contributed by atoms with van der Waals surface area (Å²) in [6, 6.07) is 12.9. The van der Waals surface area contributed by atoms with Crippen LogP contribution in [0.15, 0.2) is 48.5 Å². The third-order valence-corrected chi connectivity index (χ3v) is 3.82. The number of benzene rings is 2. The van der Waals surface area contributed by atoms with E-state index in [2.05, 4.69) is 5.32 Å². The number of amides is 2. The van der Waals surface area contributed by atoms with Gasteiger partial charge in [0, 0.05) is 25.2 Å². The first-order valence-corrected chi connectivity index (χ1v) is 7.88. The largest absolute Gasteiger partial charge is 0.330 e. The standard InChI is InChI=1S/C17H16ClN3O4/c1-2-20(11-12-6-4-3-5-7-12)17(23)16(22)19-15-10-13(21(24)25)8-9-14(15)18/h3-10H,2,11H2,1H3,(H,19,22). The van der Waals surface area contributed by atoms with Crippen LogP contribution >= 0.6 is 11.6 Å². The molecule has 0 radical (unpaired) electrons. The van der Waals surface area contributed by atoms with Gasteiger partial charge in [0.25, 0.3) is 5.69 Å². The predicted octanol–water partition coefficient (Wildman–Crippen LogP) is 3.24. The average molecular weight is 362 g/mol. The highest BCUT2D eigenvalue weighted by atomic mass is 35.5. The Morgan fingerprint density at radius 2 is 1.88 bits per heavy atom. The number of nitrogens with one attached hydrogen (secondary N) is 1. The lowest BCUT2D eigenvalue weighted by atomic mass is 10.2. The Morgan fingerprint density at radius 3 is 2.48 bits per heavy atom. The molecule has 0 aliphatic heterocycles. The molecular formula is C17H16ClN3O4. The van der Waals surface area contributed by atoms with Gasteiger partial charge in [-0.25, -0.2) is 0 Å². The molecule has 0 atom stereocenters. The summed E-state index contributed by atoms with van der Waals surface area (Å²) in [6.45, 7) is 2.38. The number of hydrogen-bond donors (Lipinski definition) is 1. The predicted molar refractivity (Wildman–Crippen MR) is 94.3 cm³/mol. The van der Waals surface area contributed by atoms with Gasteiger partial charge in [-0.1, -0.05) is 41.9 Å². The molecule has 0 aliphatic rings. The van der Waals surface area contributed by atoms with Crippen molar-refractivity contribution in [1.82, 2.24) is 4.90 Å². The number of likely N-dealkylation sites (N-methyl/N-ethyl adjacent to an activating group) is 1. The second kappa shape index (κ2) is 8.25. The van der Waals surface area contributed by atoms with Gasteiger partial charge in [0.1, 0.15) is 0 Å². The Balaban J connectivity index is 2.12. The van der Waals surface area contributed by atoms with E-state index in [1.165, 1.54) is 17.0 Å². The summed E-state index contributed by atoms with van der Waals surface area (Å²) in [5.41, 5.74) is 0.674. The fourth-order valence-electron chi connectivity index (χ4n) is 2.17. The van der Waals surface area contributed by atoms with Crippen molar-refractivity contribution in [3.05, 3.63) is 69.2 Å². The van der Waals surface area contributed by atoms with Gasteiger partial charge in [-0.05, 0) is 18.6 Å². The molecule has 0 aromatic heterocycles. The smallest absolute Gasteiger partial charge is 0.313 e. The Bertz CT molecular complexity index is 796. The molecule has 0 fully saturated rings. The maximum Gasteiger partial charge on any atom is 0.313 e. The highest BCUT2D eigenvalue weighted by Gasteiger charge is 2.22. The minimum Gasteiger partial charge on any atom is -0.330 e. The number of non-ortho nitro benzene ring substituents is 1. The molecule has 2 rings (SSSR count). The second-order valence-electron chi connectivity index (χ2n) is 5.18. The molecule has 2 aromatic carbocycles. The third-order valence-electron chi connectivity index (χ3n) is 3.49. The van der Waals surface area contributed by atoms with Crippen molar-refractivity contribution in [3.8, 4) is 0 Å². The lowest BCUT2D eigenvalue weighted by Gasteiger charge is -2.20. The van der Waals surface area contributed by atoms with Gasteiger partial charge in [-0.3, -0.25) is 19.7 Å². The zero-order valence-electron chi connectivity index (χ0n) is 13.4. The molecule has 0 heterocycles. The Kier molecular flexibility index (Phi) is 6.08. The summed E-state index contributed by atoms with van der Waals surface area (Å²) in [7, 11) is 0. The maximum absolute atomic E-state index is 12.4. The monoisotopic (exact) mass is 361 g/mol. The van der Waals surface area contributed by atoms with E-state index in [0.717, 1.165) is 11.6 Å². The van der Waals surface area contributed by atoms with Crippen molar-refractivity contribution >= 4 is 34.8 Å². The summed E-state index contributed by atoms with van der Waals surface area (Å²) in [6.07, 6.45) is 0. The van der Waals surface area contributed by atoms with E-state index in [1.807, 2.05) is 30.3 Å². The van der Waals surface area contributed by atoms with Crippen molar-refractivity contribution in [2.24, 2.45) is 0 Å². The van der Waals surface area contributed by atoms with Crippen molar-refractivity contribution in [3.63, 3.8) is 0 Å². The van der Waals surface area contributed by atoms with Crippen LogP contribution in [-0.2, 0) is 16.1 Å². The van der Waals surface area contributed by atoms with Gasteiger partial charge in [0.05, 0.1) is 15.6 Å². The molecule has 130 valence electrons. The third kappa shape index (κ3) is 4.77. The van der Waals surface area contributed by atoms with E-state index in [9.17, 15) is 19.7 Å². The number of nitrogens with zero attached hydrogens (tertiary/aromatic N) is 2. The van der Waals surface area contributed by atoms with E-state index in [0.29, 0.717) is 6.54 Å². The van der Waals surface area contributed by atoms with E-state index in [1.54, 1.807) is 6.92 Å². The number of carbonyl (C=O) groups excluding carboxylic acids is 2. The molecule has 8 heteroatoms. The van der Waals surface area contributed by atoms with Crippen LogP contribution in [-0.4, -0.2) is 28.2 Å². The number of hydrogen-bond acceptors (Lipinski definition) is 4. The van der Waals surface area contributed by atoms with Crippen LogP contribution in [0.5, 0.6) is 0 Å². The zero-order chi connectivity index (χ0) is 18.4. The van der Waals surface area contributed by atoms with Crippen LogP contribution in [0.3, 0.4) is 0 Å². The Hall–Kier alpha value is -2.93. The number of nitro benzene ring substituents is 1. The molecular weight excluding hydrogens is 346 g/mol. The minimum atomic E-state index is -0.903. The Morgan fingerprint density at radius 1 is 1.20 bits per heavy atom. The van der Waals surface area contributed by atoms with E-state index >= 15 is 0 Å². The second-order valence-corrected chi connectivity index (χ2v) is 5.59. The van der Waals surface area contributed by atoms with Crippen LogP contribution in [0, 0.1) is 10.1 Å². The summed E-state index contributed by atoms with van der Waals surface area (Å²) < 4.78 is 0. The van der Waals surface area contributed by atoms with Crippen LogP contribution in [0.4, 0.5) is 11.4 Å². The van der Waals surface area contributed by atoms with Crippen LogP contribution in [0.1, 0.15) is 12.5 Å². The fraction of sp³-hybridized carbons (Fsp3) is 0.176. The molecule has 2 amide bonds. The maximum atomic E-state index is 12.4. The summed E-state index contributed by atoms with van der Waals surface area (Å²) in [5, 5.41) is 13.3. The number of nitro groups is 1. The first kappa shape index (κ1) is 18.4. The summed E-state index contributed by atoms with van der Waals surface area (Å²) in [4.78, 5) is 36.1. The van der Waals surface area contributed by atoms with E-state index in [-0.39, 0.29) is 22.9 Å². The van der Waals surface area contributed by atoms with Gasteiger partial charge in [0.2, 0.25) is 0 Å². The highest BCUT2D eigenvalue weighted by Crippen LogP contribution is 2.26. The number of anilines is 1. The quantitative estimate of drug-likeness (QED) is 0.502. The van der Waals surface area contributed by atoms with Crippen molar-refractivity contribution in [2.45, 2.75) is 13.5 Å². The zero-order valence-corrected chi connectivity index (χ0v) is 14.2. The van der Waals surface area contributed by atoms with Crippen molar-refractivity contribution in [2.75, 3.05) is 11.9 Å². The molecule has 0 unspecified atom stereocenters. The molecule has 0 saturated carbocycles. The lowest BCUT2D eigenvalue weighted by Crippen LogP contribution is -2.39. The van der Waals surface area contributed by atoms with Crippen LogP contribution in [0.2, 0.25) is 5.02 Å². The number of carbonyl (C=O) groups is 2. The molecule has 7 nitrogen and oxygen atoms in total. The van der Waals surface area contributed by atoms with Crippen LogP contribution < -0.4 is 5.32 Å². The minimum absolute atomic E-state index is 0.0185. The average Bonchev–Trinajstić information content (AvgIpc) is 2.61. The molecule has 0 saturated heterocycles. The molecule has 1 N–H and O–H groups in total. The first-order valence-electron chi connectivity index (χ1n) is 7.50. The summed E-state index contributed by atoms with van der Waals surface area (Å²) in [5.74, 6) is -1.64. The van der Waals surface area contributed by atoms with Gasteiger partial charge in [-0.15, -0.1) is 0 Å². The fourth-order valence-corrected chi connectivity index (χ4v) is 2.34. The topological polar surface area (TPSA) is 92.6 Å². The SMILES string of the molecule is CCN(Cc1ccccc1)C(=O)C(=O)Nc1cc([N+](=O)[O-])ccc1Cl. The molecule has 0 spiro atoms. The van der Waals surface area contributed by atoms with Crippen molar-refractivity contribution in [1.29, 1.82) is 0 Å². The van der Waals surface area contributed by atoms with E-state index in [4.69, 9.17) is 11.6 Å². The summed E-state index contributed by atoms with van der Waals surface area (Å²) >= 11 is 5.93. The van der Waals surface area contributed by atoms with Crippen LogP contribution in [0.25, 0.3) is 0 Å². The molecule has 0 bridgehead atoms. The van der Waals surface area contributed by atoms with Gasteiger partial charge < -0.3 is 10.2 Å². The highest BCUT2D eigenvalue weighted by molar-refractivity contribution is 6.41. The van der Waals surface area contributed by atoms with Gasteiger partial charge in [-0.2, -0.15) is 0 Å². The van der Waals surface area contributed by atoms with Gasteiger partial charge >= 0.3 is 11.8 Å². The number of rotatable bonds is 5. The molecule has 0 aliphatic carbocycles. The number of halogens is 1. The van der Waals surface area contributed by atoms with Crippen molar-refractivity contribution < 1.29 is 14.5 Å².